The van der Waals surface area contributed by atoms with E-state index < -0.39 is 0 Å². The minimum atomic E-state index is 0.135. The molecule has 0 aromatic heterocycles. The Kier molecular flexibility index (Phi) is 2.80. The molecule has 2 aromatic carbocycles. The third-order valence-corrected chi connectivity index (χ3v) is 4.05. The standard InChI is InChI=1S/C16H12OS/c1-11-6-8-12(9-7-11)10-15-16(17)13-4-2-3-5-14(13)18-15/h2-10H,1H3. The Morgan fingerprint density at radius 1 is 1.00 bits per heavy atom. The fourth-order valence-electron chi connectivity index (χ4n) is 1.95. The zero-order chi connectivity index (χ0) is 12.5. The summed E-state index contributed by atoms with van der Waals surface area (Å²) in [5, 5.41) is 0. The lowest BCUT2D eigenvalue weighted by atomic mass is 10.1. The molecule has 0 radical (unpaired) electrons. The molecule has 0 N–H and O–H groups in total. The molecule has 1 heterocycles. The van der Waals surface area contributed by atoms with Crippen molar-refractivity contribution in [3.05, 3.63) is 70.1 Å². The van der Waals surface area contributed by atoms with E-state index in [1.165, 1.54) is 5.56 Å². The first-order valence-corrected chi connectivity index (χ1v) is 6.65. The van der Waals surface area contributed by atoms with Gasteiger partial charge in [0.25, 0.3) is 0 Å². The van der Waals surface area contributed by atoms with Gasteiger partial charge in [-0.05, 0) is 30.7 Å². The van der Waals surface area contributed by atoms with Crippen LogP contribution in [0.4, 0.5) is 0 Å². The predicted molar refractivity (Wildman–Crippen MR) is 75.8 cm³/mol. The zero-order valence-corrected chi connectivity index (χ0v) is 10.8. The normalized spacial score (nSPS) is 16.1. The highest BCUT2D eigenvalue weighted by Gasteiger charge is 2.24. The minimum Gasteiger partial charge on any atom is -0.288 e. The van der Waals surface area contributed by atoms with Gasteiger partial charge in [0.15, 0.2) is 0 Å². The van der Waals surface area contributed by atoms with Gasteiger partial charge in [-0.25, -0.2) is 0 Å². The molecule has 0 saturated heterocycles. The molecule has 2 heteroatoms. The van der Waals surface area contributed by atoms with Crippen LogP contribution in [0.15, 0.2) is 58.3 Å². The number of aryl methyl sites for hydroxylation is 1. The molecule has 0 aliphatic carbocycles. The first-order valence-electron chi connectivity index (χ1n) is 5.84. The minimum absolute atomic E-state index is 0.135. The second-order valence-electron chi connectivity index (χ2n) is 4.35. The number of hydrogen-bond acceptors (Lipinski definition) is 2. The fraction of sp³-hybridized carbons (Fsp3) is 0.0625. The van der Waals surface area contributed by atoms with Gasteiger partial charge in [0, 0.05) is 10.5 Å². The highest BCUT2D eigenvalue weighted by Crippen LogP contribution is 2.40. The third-order valence-electron chi connectivity index (χ3n) is 2.95. The largest absolute Gasteiger partial charge is 0.288 e. The van der Waals surface area contributed by atoms with Crippen molar-refractivity contribution in [2.45, 2.75) is 11.8 Å². The summed E-state index contributed by atoms with van der Waals surface area (Å²) < 4.78 is 0. The molecule has 1 aliphatic heterocycles. The van der Waals surface area contributed by atoms with Crippen molar-refractivity contribution in [3.8, 4) is 0 Å². The van der Waals surface area contributed by atoms with Gasteiger partial charge < -0.3 is 0 Å². The summed E-state index contributed by atoms with van der Waals surface area (Å²) in [5.41, 5.74) is 3.12. The number of Topliss-reactive ketones (excluding diaryl/α,β-unsaturated/α-hetero) is 1. The van der Waals surface area contributed by atoms with Crippen LogP contribution >= 0.6 is 11.8 Å². The molecule has 3 rings (SSSR count). The summed E-state index contributed by atoms with van der Waals surface area (Å²) in [6.07, 6.45) is 1.96. The van der Waals surface area contributed by atoms with Gasteiger partial charge >= 0.3 is 0 Å². The SMILES string of the molecule is Cc1ccc(C=C2Sc3ccccc3C2=O)cc1. The summed E-state index contributed by atoms with van der Waals surface area (Å²) >= 11 is 1.55. The van der Waals surface area contributed by atoms with Crippen molar-refractivity contribution < 1.29 is 4.79 Å². The Bertz CT molecular complexity index is 638. The Morgan fingerprint density at radius 3 is 2.44 bits per heavy atom. The monoisotopic (exact) mass is 252 g/mol. The number of thioether (sulfide) groups is 1. The molecule has 18 heavy (non-hydrogen) atoms. The van der Waals surface area contributed by atoms with Crippen molar-refractivity contribution in [3.63, 3.8) is 0 Å². The molecule has 0 unspecified atom stereocenters. The highest BCUT2D eigenvalue weighted by molar-refractivity contribution is 8.04. The van der Waals surface area contributed by atoms with Crippen molar-refractivity contribution in [2.75, 3.05) is 0 Å². The van der Waals surface area contributed by atoms with Crippen molar-refractivity contribution in [2.24, 2.45) is 0 Å². The van der Waals surface area contributed by atoms with Crippen LogP contribution in [0.25, 0.3) is 6.08 Å². The van der Waals surface area contributed by atoms with Crippen LogP contribution in [0.3, 0.4) is 0 Å². The Labute approximate surface area is 111 Å². The summed E-state index contributed by atoms with van der Waals surface area (Å²) in [6.45, 7) is 2.06. The Hall–Kier alpha value is -1.80. The van der Waals surface area contributed by atoms with Gasteiger partial charge in [-0.3, -0.25) is 4.79 Å². The molecule has 0 amide bonds. The second-order valence-corrected chi connectivity index (χ2v) is 5.43. The number of allylic oxidation sites excluding steroid dienone is 1. The Balaban J connectivity index is 1.97. The first-order chi connectivity index (χ1) is 8.74. The van der Waals surface area contributed by atoms with Gasteiger partial charge in [-0.15, -0.1) is 0 Å². The average Bonchev–Trinajstić information content (AvgIpc) is 2.70. The number of benzene rings is 2. The molecule has 0 bridgehead atoms. The van der Waals surface area contributed by atoms with Crippen LogP contribution in [0, 0.1) is 6.92 Å². The summed E-state index contributed by atoms with van der Waals surface area (Å²) in [4.78, 5) is 14.0. The van der Waals surface area contributed by atoms with Crippen LogP contribution < -0.4 is 0 Å². The predicted octanol–water partition coefficient (Wildman–Crippen LogP) is 4.32. The van der Waals surface area contributed by atoms with Gasteiger partial charge in [-0.2, -0.15) is 0 Å². The van der Waals surface area contributed by atoms with E-state index in [-0.39, 0.29) is 5.78 Å². The Morgan fingerprint density at radius 2 is 1.72 bits per heavy atom. The maximum Gasteiger partial charge on any atom is 0.200 e. The van der Waals surface area contributed by atoms with Crippen LogP contribution in [0.5, 0.6) is 0 Å². The third kappa shape index (κ3) is 2.00. The maximum absolute atomic E-state index is 12.2. The average molecular weight is 252 g/mol. The molecule has 1 nitrogen and oxygen atoms in total. The topological polar surface area (TPSA) is 17.1 Å². The fourth-order valence-corrected chi connectivity index (χ4v) is 3.00. The van der Waals surface area contributed by atoms with Crippen LogP contribution in [-0.2, 0) is 0 Å². The number of carbonyl (C=O) groups is 1. The molecule has 0 spiro atoms. The molecule has 88 valence electrons. The molecular weight excluding hydrogens is 240 g/mol. The van der Waals surface area contributed by atoms with Gasteiger partial charge in [0.05, 0.1) is 4.91 Å². The van der Waals surface area contributed by atoms with E-state index in [2.05, 4.69) is 19.1 Å². The van der Waals surface area contributed by atoms with Crippen molar-refractivity contribution in [1.29, 1.82) is 0 Å². The van der Waals surface area contributed by atoms with Crippen LogP contribution in [-0.4, -0.2) is 5.78 Å². The number of rotatable bonds is 1. The van der Waals surface area contributed by atoms with E-state index in [9.17, 15) is 4.79 Å². The van der Waals surface area contributed by atoms with E-state index in [1.54, 1.807) is 11.8 Å². The van der Waals surface area contributed by atoms with Crippen LogP contribution in [0.1, 0.15) is 21.5 Å². The summed E-state index contributed by atoms with van der Waals surface area (Å²) in [6, 6.07) is 16.0. The van der Waals surface area contributed by atoms with E-state index in [1.807, 2.05) is 42.5 Å². The molecule has 1 aliphatic rings. The zero-order valence-electron chi connectivity index (χ0n) is 10.0. The number of fused-ring (bicyclic) bond motifs is 1. The molecule has 2 aromatic rings. The number of carbonyl (C=O) groups excluding carboxylic acids is 1. The molecule has 0 saturated carbocycles. The lowest BCUT2D eigenvalue weighted by molar-refractivity contribution is 0.104. The first kappa shape index (κ1) is 11.3. The lowest BCUT2D eigenvalue weighted by Crippen LogP contribution is -1.93. The number of ketones is 1. The summed E-state index contributed by atoms with van der Waals surface area (Å²) in [7, 11) is 0. The van der Waals surface area contributed by atoms with E-state index in [0.29, 0.717) is 0 Å². The van der Waals surface area contributed by atoms with Crippen molar-refractivity contribution >= 4 is 23.6 Å². The van der Waals surface area contributed by atoms with E-state index in [4.69, 9.17) is 0 Å². The van der Waals surface area contributed by atoms with E-state index in [0.717, 1.165) is 20.9 Å². The van der Waals surface area contributed by atoms with Gasteiger partial charge in [0.2, 0.25) is 5.78 Å². The maximum atomic E-state index is 12.2. The second kappa shape index (κ2) is 4.46. The van der Waals surface area contributed by atoms with Gasteiger partial charge in [-0.1, -0.05) is 53.7 Å². The van der Waals surface area contributed by atoms with E-state index >= 15 is 0 Å². The highest BCUT2D eigenvalue weighted by atomic mass is 32.2. The number of hydrogen-bond donors (Lipinski definition) is 0. The van der Waals surface area contributed by atoms with Crippen LogP contribution in [0.2, 0.25) is 0 Å². The smallest absolute Gasteiger partial charge is 0.200 e. The molecule has 0 atom stereocenters. The van der Waals surface area contributed by atoms with Crippen molar-refractivity contribution in [1.82, 2.24) is 0 Å². The molecule has 0 fully saturated rings. The lowest BCUT2D eigenvalue weighted by Gasteiger charge is -1.97. The van der Waals surface area contributed by atoms with Gasteiger partial charge in [0.1, 0.15) is 0 Å². The summed E-state index contributed by atoms with van der Waals surface area (Å²) in [5.74, 6) is 0.135. The molecular formula is C16H12OS. The quantitative estimate of drug-likeness (QED) is 0.703.